The normalized spacial score (nSPS) is 30.3. The van der Waals surface area contributed by atoms with Gasteiger partial charge in [-0.2, -0.15) is 13.2 Å². The zero-order chi connectivity index (χ0) is 69.6. The molecule has 1 saturated heterocycles. The molecule has 11 amide bonds. The quantitative estimate of drug-likeness (QED) is 0.176. The van der Waals surface area contributed by atoms with Crippen LogP contribution in [-0.2, 0) is 52.7 Å². The third-order valence-electron chi connectivity index (χ3n) is 19.6. The van der Waals surface area contributed by atoms with Crippen LogP contribution in [0.3, 0.4) is 0 Å². The van der Waals surface area contributed by atoms with E-state index in [9.17, 15) is 51.5 Å². The van der Waals surface area contributed by atoms with Crippen molar-refractivity contribution in [1.82, 2.24) is 55.6 Å². The minimum absolute atomic E-state index is 0.00834. The van der Waals surface area contributed by atoms with Crippen molar-refractivity contribution in [3.05, 3.63) is 0 Å². The summed E-state index contributed by atoms with van der Waals surface area (Å²) in [4.78, 5) is 168. The van der Waals surface area contributed by atoms with Gasteiger partial charge in [0.1, 0.15) is 41.8 Å². The molecule has 0 aromatic heterocycles. The van der Waals surface area contributed by atoms with Gasteiger partial charge in [0.05, 0.1) is 25.6 Å². The number of hydrogen-bond acceptors (Lipinski definition) is 11. The van der Waals surface area contributed by atoms with Crippen molar-refractivity contribution in [2.45, 2.75) is 236 Å². The molecule has 524 valence electrons. The minimum atomic E-state index is -4.51. The Morgan fingerprint density at radius 3 is 1.66 bits per heavy atom. The molecule has 4 fully saturated rings. The van der Waals surface area contributed by atoms with Crippen LogP contribution in [0, 0.1) is 41.4 Å². The molecule has 1 heterocycles. The van der Waals surface area contributed by atoms with Gasteiger partial charge in [-0.05, 0) is 126 Å². The van der Waals surface area contributed by atoms with Crippen molar-refractivity contribution < 1.29 is 65.9 Å². The molecule has 4 aliphatic rings. The van der Waals surface area contributed by atoms with Crippen LogP contribution in [0.25, 0.3) is 0 Å². The Bertz CT molecular complexity index is 2590. The minimum Gasteiger partial charge on any atom is -0.351 e. The van der Waals surface area contributed by atoms with Gasteiger partial charge in [-0.3, -0.25) is 52.7 Å². The Hall–Kier alpha value is -5.46. The van der Waals surface area contributed by atoms with Crippen LogP contribution < -0.4 is 21.3 Å². The van der Waals surface area contributed by atoms with E-state index in [0.717, 1.165) is 14.7 Å². The highest BCUT2D eigenvalue weighted by atomic mass is 35.5. The first-order valence-electron chi connectivity index (χ1n) is 33.1. The van der Waals surface area contributed by atoms with E-state index in [2.05, 4.69) is 21.3 Å². The second-order valence-corrected chi connectivity index (χ2v) is 29.4. The van der Waals surface area contributed by atoms with Crippen LogP contribution in [0.5, 0.6) is 0 Å². The van der Waals surface area contributed by atoms with Crippen LogP contribution in [0.1, 0.15) is 171 Å². The highest BCUT2D eigenvalue weighted by molar-refractivity contribution is 6.21. The number of carbonyl (C=O) groups is 11. The maximum absolute atomic E-state index is 15.1. The van der Waals surface area contributed by atoms with Gasteiger partial charge in [0, 0.05) is 72.6 Å². The van der Waals surface area contributed by atoms with Crippen molar-refractivity contribution in [1.29, 1.82) is 0 Å². The molecular formula is C65H108Cl2F3N11O11. The van der Waals surface area contributed by atoms with Crippen molar-refractivity contribution in [3.8, 4) is 0 Å². The van der Waals surface area contributed by atoms with Crippen LogP contribution >= 0.6 is 23.2 Å². The molecule has 1 aliphatic heterocycles. The molecule has 3 aliphatic carbocycles. The predicted octanol–water partition coefficient (Wildman–Crippen LogP) is 5.93. The average molecular weight is 1350 g/mol. The van der Waals surface area contributed by atoms with E-state index >= 15 is 14.4 Å². The number of likely N-dealkylation sites (N-methyl/N-ethyl adjacent to an activating group) is 7. The summed E-state index contributed by atoms with van der Waals surface area (Å²) in [6.45, 7) is 14.3. The van der Waals surface area contributed by atoms with Gasteiger partial charge in [0.25, 0.3) is 0 Å². The summed E-state index contributed by atoms with van der Waals surface area (Å²) in [5.41, 5.74) is -1.52. The molecule has 11 atom stereocenters. The Balaban J connectivity index is 1.82. The van der Waals surface area contributed by atoms with Gasteiger partial charge in [0.2, 0.25) is 65.0 Å². The highest BCUT2D eigenvalue weighted by Crippen LogP contribution is 2.44. The Morgan fingerprint density at radius 1 is 0.576 bits per heavy atom. The number of hydrogen-bond donors (Lipinski definition) is 4. The van der Waals surface area contributed by atoms with Crippen LogP contribution in [0.2, 0.25) is 0 Å². The lowest BCUT2D eigenvalue weighted by Crippen LogP contribution is -2.65. The third kappa shape index (κ3) is 21.3. The highest BCUT2D eigenvalue weighted by Gasteiger charge is 2.50. The first-order chi connectivity index (χ1) is 42.8. The van der Waals surface area contributed by atoms with Gasteiger partial charge in [-0.25, -0.2) is 0 Å². The summed E-state index contributed by atoms with van der Waals surface area (Å²) < 4.78 is 41.8. The SMILES string of the molecule is CC[C@H](C)[C@@H]1NC(=O)[C@H](C(C)C)N(C)C(=O)C[C@@H](C)NC(=O)[C@H](C(C)C)N(C)C(=O)C2(CCCC2)NC(=O)[C@H](CC(C)C)N(C)C(=O)[C@H](CCC2CCC(C(F)(F)F)C(Cl)C2)NC(=O)CN(C)C(=O)[C@H](CC2CCC(Cl)CC2)N(C)C(=O)CN(C)C(=O)CN(C)C1=O. The predicted molar refractivity (Wildman–Crippen MR) is 345 cm³/mol. The van der Waals surface area contributed by atoms with Gasteiger partial charge < -0.3 is 55.6 Å². The molecular weight excluding hydrogens is 1240 g/mol. The van der Waals surface area contributed by atoms with Crippen molar-refractivity contribution >= 4 is 88.2 Å². The number of rotatable bonds is 11. The maximum Gasteiger partial charge on any atom is 0.393 e. The van der Waals surface area contributed by atoms with E-state index in [1.165, 1.54) is 68.9 Å². The zero-order valence-corrected chi connectivity index (χ0v) is 58.9. The molecule has 92 heavy (non-hydrogen) atoms. The van der Waals surface area contributed by atoms with Crippen LogP contribution in [0.15, 0.2) is 0 Å². The van der Waals surface area contributed by atoms with Gasteiger partial charge >= 0.3 is 6.18 Å². The Kier molecular flexibility index (Phi) is 29.9. The summed E-state index contributed by atoms with van der Waals surface area (Å²) in [5.74, 6) is -10.7. The van der Waals surface area contributed by atoms with Crippen molar-refractivity contribution in [2.24, 2.45) is 41.4 Å². The second-order valence-electron chi connectivity index (χ2n) is 28.2. The number of nitrogens with one attached hydrogen (secondary N) is 4. The smallest absolute Gasteiger partial charge is 0.351 e. The number of halogens is 5. The molecule has 1 spiro atoms. The Labute approximate surface area is 553 Å². The maximum atomic E-state index is 15.1. The summed E-state index contributed by atoms with van der Waals surface area (Å²) in [7, 11) is 9.90. The monoisotopic (exact) mass is 1350 g/mol. The summed E-state index contributed by atoms with van der Waals surface area (Å²) in [6.07, 6.45) is -0.00244. The zero-order valence-electron chi connectivity index (χ0n) is 57.4. The summed E-state index contributed by atoms with van der Waals surface area (Å²) in [5, 5.41) is 10.3. The standard InChI is InChI=1S/C65H108Cl2F3N11O11/c1-17-40(8)54-62(91)77(12)35-52(84)75(10)36-53(85)78(13)49(33-43-20-24-44(66)25-21-43)61(90)76(11)34-50(82)72-47(27-23-42-22-26-45(46(67)32-42)65(68,69)70)60(89)79(14)48(30-37(2)3)57(86)74-64(28-18-19-29-64)63(92)81(16)56(39(6)7)58(87)71-41(9)31-51(83)80(15)55(38(4)5)59(88)73-54/h37-49,54-56H,17-36H2,1-16H3,(H,71,87)(H,72,82)(H,73,88)(H,74,86)/t40-,41+,42?,43?,44?,45?,46?,47-,48-,49-,54-,55-,56-/m0/s1. The van der Waals surface area contributed by atoms with Gasteiger partial charge in [-0.15, -0.1) is 23.2 Å². The number of carbonyl (C=O) groups excluding carboxylic acids is 11. The third-order valence-corrected chi connectivity index (χ3v) is 20.5. The first kappa shape index (κ1) is 79.0. The van der Waals surface area contributed by atoms with Gasteiger partial charge in [-0.1, -0.05) is 74.7 Å². The lowest BCUT2D eigenvalue weighted by Gasteiger charge is -2.40. The molecule has 3 saturated carbocycles. The summed E-state index contributed by atoms with van der Waals surface area (Å²) >= 11 is 12.9. The molecule has 3 unspecified atom stereocenters. The first-order valence-corrected chi connectivity index (χ1v) is 34.0. The molecule has 4 N–H and O–H groups in total. The fraction of sp³-hybridized carbons (Fsp3) is 0.831. The largest absolute Gasteiger partial charge is 0.393 e. The number of alkyl halides is 5. The van der Waals surface area contributed by atoms with Crippen LogP contribution in [0.4, 0.5) is 13.2 Å². The van der Waals surface area contributed by atoms with Crippen molar-refractivity contribution in [3.63, 3.8) is 0 Å². The molecule has 0 aromatic rings. The topological polar surface area (TPSA) is 259 Å². The number of nitrogens with zero attached hydrogens (tertiary/aromatic N) is 7. The van der Waals surface area contributed by atoms with Crippen LogP contribution in [-0.4, -0.2) is 233 Å². The molecule has 0 bridgehead atoms. The fourth-order valence-electron chi connectivity index (χ4n) is 13.7. The molecule has 22 nitrogen and oxygen atoms in total. The fourth-order valence-corrected chi connectivity index (χ4v) is 14.5. The molecule has 0 aromatic carbocycles. The van der Waals surface area contributed by atoms with E-state index < -0.39 is 168 Å². The molecule has 0 radical (unpaired) electrons. The molecule has 4 rings (SSSR count). The Morgan fingerprint density at radius 2 is 1.12 bits per heavy atom. The molecule has 27 heteroatoms. The lowest BCUT2D eigenvalue weighted by molar-refractivity contribution is -0.182. The van der Waals surface area contributed by atoms with Crippen molar-refractivity contribution in [2.75, 3.05) is 69.0 Å². The van der Waals surface area contributed by atoms with Gasteiger partial charge in [0.15, 0.2) is 0 Å². The summed E-state index contributed by atoms with van der Waals surface area (Å²) in [6, 6.07) is -7.93. The van der Waals surface area contributed by atoms with E-state index in [0.29, 0.717) is 44.9 Å². The average Bonchev–Trinajstić information content (AvgIpc) is 1.46. The lowest BCUT2D eigenvalue weighted by atomic mass is 9.78. The van der Waals surface area contributed by atoms with E-state index in [4.69, 9.17) is 23.2 Å². The van der Waals surface area contributed by atoms with E-state index in [1.807, 2.05) is 20.8 Å². The van der Waals surface area contributed by atoms with E-state index in [1.54, 1.807) is 41.5 Å². The number of amides is 11. The van der Waals surface area contributed by atoms with E-state index in [-0.39, 0.29) is 87.3 Å². The second kappa shape index (κ2) is 34.8.